The molecule has 0 aliphatic rings. The molecule has 0 radical (unpaired) electrons. The number of carboxylic acids is 1. The van der Waals surface area contributed by atoms with Gasteiger partial charge in [0.15, 0.2) is 4.34 Å². The number of carboxylic acid groups (broad SMARTS) is 1. The number of carbonyl (C=O) groups excluding carboxylic acids is 1. The van der Waals surface area contributed by atoms with E-state index in [1.54, 1.807) is 0 Å². The van der Waals surface area contributed by atoms with Crippen LogP contribution in [0.2, 0.25) is 0 Å². The maximum Gasteiger partial charge on any atom is 0.334 e. The second-order valence-electron chi connectivity index (χ2n) is 10.9. The first kappa shape index (κ1) is 28.8. The average Bonchev–Trinajstić information content (AvgIpc) is 3.50. The Bertz CT molecular complexity index is 2100. The van der Waals surface area contributed by atoms with Gasteiger partial charge in [0.2, 0.25) is 0 Å². The monoisotopic (exact) mass is 625 g/mol. The van der Waals surface area contributed by atoms with Gasteiger partial charge in [-0.15, -0.1) is 11.3 Å². The van der Waals surface area contributed by atoms with E-state index in [9.17, 15) is 14.7 Å². The lowest BCUT2D eigenvalue weighted by Gasteiger charge is -2.33. The third-order valence-corrected chi connectivity index (χ3v) is 10.0. The van der Waals surface area contributed by atoms with Crippen LogP contribution in [0.3, 0.4) is 0 Å². The van der Waals surface area contributed by atoms with Crippen LogP contribution in [0.25, 0.3) is 31.8 Å². The van der Waals surface area contributed by atoms with E-state index in [0.717, 1.165) is 55.8 Å². The van der Waals surface area contributed by atoms with Crippen molar-refractivity contribution in [2.75, 3.05) is 0 Å². The molecule has 1 heterocycles. The normalized spacial score (nSPS) is 11.6. The van der Waals surface area contributed by atoms with Crippen LogP contribution in [0, 0.1) is 0 Å². The molecule has 0 unspecified atom stereocenters. The summed E-state index contributed by atoms with van der Waals surface area (Å²) in [6.45, 7) is 0. The number of carbonyl (C=O) groups is 2. The molecule has 0 aliphatic heterocycles. The SMILES string of the molecule is O=C(O)CC(C(=O)OSc1nc2cccc(Cc3ccccc3)c2s1)(c1cccc2ccccc12)c1cccc2ccccc12. The fraction of sp³-hybridized carbons (Fsp3) is 0.0789. The van der Waals surface area contributed by atoms with Crippen LogP contribution in [0.15, 0.2) is 138 Å². The minimum Gasteiger partial charge on any atom is -0.481 e. The summed E-state index contributed by atoms with van der Waals surface area (Å²) < 4.78 is 7.65. The lowest BCUT2D eigenvalue weighted by Crippen LogP contribution is -2.40. The Hall–Kier alpha value is -4.98. The van der Waals surface area contributed by atoms with E-state index in [1.165, 1.54) is 16.9 Å². The molecule has 0 atom stereocenters. The molecular weight excluding hydrogens is 599 g/mol. The Morgan fingerprint density at radius 2 is 1.29 bits per heavy atom. The third-order valence-electron chi connectivity index (χ3n) is 8.17. The molecule has 7 aromatic rings. The Balaban J connectivity index is 1.33. The summed E-state index contributed by atoms with van der Waals surface area (Å²) in [4.78, 5) is 32.1. The number of hydrogen-bond acceptors (Lipinski definition) is 6. The topological polar surface area (TPSA) is 76.5 Å². The molecule has 1 aromatic heterocycles. The molecule has 7 rings (SSSR count). The molecular formula is C38H27NO4S2. The lowest BCUT2D eigenvalue weighted by molar-refractivity contribution is -0.146. The fourth-order valence-corrected chi connectivity index (χ4v) is 7.89. The third kappa shape index (κ3) is 5.45. The van der Waals surface area contributed by atoms with E-state index in [0.29, 0.717) is 15.5 Å². The largest absolute Gasteiger partial charge is 0.481 e. The van der Waals surface area contributed by atoms with E-state index >= 15 is 0 Å². The number of rotatable bonds is 9. The molecule has 7 heteroatoms. The van der Waals surface area contributed by atoms with Gasteiger partial charge in [-0.05, 0) is 56.3 Å². The minimum absolute atomic E-state index is 0.491. The van der Waals surface area contributed by atoms with Crippen LogP contribution in [-0.4, -0.2) is 22.0 Å². The molecule has 220 valence electrons. The summed E-state index contributed by atoms with van der Waals surface area (Å²) in [6, 6.07) is 43.0. The molecule has 0 saturated carbocycles. The highest BCUT2D eigenvalue weighted by atomic mass is 32.2. The first-order valence-corrected chi connectivity index (χ1v) is 16.1. The van der Waals surface area contributed by atoms with Crippen LogP contribution in [-0.2, 0) is 25.6 Å². The van der Waals surface area contributed by atoms with Gasteiger partial charge < -0.3 is 9.29 Å². The molecule has 0 saturated heterocycles. The number of aliphatic carboxylic acids is 1. The fourth-order valence-electron chi connectivity index (χ4n) is 6.17. The number of hydrogen-bond donors (Lipinski definition) is 1. The highest BCUT2D eigenvalue weighted by Gasteiger charge is 2.48. The predicted molar refractivity (Wildman–Crippen MR) is 182 cm³/mol. The maximum atomic E-state index is 14.7. The van der Waals surface area contributed by atoms with Crippen molar-refractivity contribution >= 4 is 67.1 Å². The molecule has 45 heavy (non-hydrogen) atoms. The quantitative estimate of drug-likeness (QED) is 0.161. The van der Waals surface area contributed by atoms with Gasteiger partial charge in [-0.25, -0.2) is 9.78 Å². The van der Waals surface area contributed by atoms with Gasteiger partial charge in [-0.1, -0.05) is 127 Å². The van der Waals surface area contributed by atoms with Gasteiger partial charge in [0.25, 0.3) is 0 Å². The van der Waals surface area contributed by atoms with Crippen LogP contribution in [0.4, 0.5) is 0 Å². The summed E-state index contributed by atoms with van der Waals surface area (Å²) in [6.07, 6.45) is 0.267. The van der Waals surface area contributed by atoms with E-state index in [2.05, 4.69) is 18.2 Å². The summed E-state index contributed by atoms with van der Waals surface area (Å²) in [5, 5.41) is 13.8. The van der Waals surface area contributed by atoms with E-state index < -0.39 is 23.8 Å². The van der Waals surface area contributed by atoms with Gasteiger partial charge in [0, 0.05) is 0 Å². The summed E-state index contributed by atoms with van der Waals surface area (Å²) in [7, 11) is 0. The highest BCUT2D eigenvalue weighted by Crippen LogP contribution is 2.45. The van der Waals surface area contributed by atoms with Crippen molar-refractivity contribution in [3.63, 3.8) is 0 Å². The second-order valence-corrected chi connectivity index (χ2v) is 12.9. The Labute approximate surface area is 268 Å². The Kier molecular flexibility index (Phi) is 7.79. The zero-order valence-electron chi connectivity index (χ0n) is 24.1. The van der Waals surface area contributed by atoms with E-state index in [4.69, 9.17) is 9.17 Å². The Morgan fingerprint density at radius 1 is 0.711 bits per heavy atom. The predicted octanol–water partition coefficient (Wildman–Crippen LogP) is 9.20. The van der Waals surface area contributed by atoms with Crippen molar-refractivity contribution in [2.45, 2.75) is 22.6 Å². The van der Waals surface area contributed by atoms with Gasteiger partial charge >= 0.3 is 11.9 Å². The summed E-state index contributed by atoms with van der Waals surface area (Å²) in [5.74, 6) is -1.77. The smallest absolute Gasteiger partial charge is 0.334 e. The van der Waals surface area contributed by atoms with Gasteiger partial charge in [-0.2, -0.15) is 0 Å². The highest BCUT2D eigenvalue weighted by molar-refractivity contribution is 7.97. The van der Waals surface area contributed by atoms with Gasteiger partial charge in [-0.3, -0.25) is 4.79 Å². The maximum absolute atomic E-state index is 14.7. The van der Waals surface area contributed by atoms with Crippen LogP contribution >= 0.6 is 23.4 Å². The molecule has 6 aromatic carbocycles. The number of benzene rings is 6. The molecule has 0 aliphatic carbocycles. The minimum atomic E-state index is -1.64. The molecule has 0 bridgehead atoms. The zero-order valence-corrected chi connectivity index (χ0v) is 25.7. The molecule has 0 amide bonds. The first-order chi connectivity index (χ1) is 22.0. The summed E-state index contributed by atoms with van der Waals surface area (Å²) in [5.41, 5.74) is 2.69. The molecule has 0 spiro atoms. The number of thiazole rings is 1. The average molecular weight is 626 g/mol. The van der Waals surface area contributed by atoms with Crippen LogP contribution < -0.4 is 0 Å². The zero-order chi connectivity index (χ0) is 30.8. The van der Waals surface area contributed by atoms with E-state index in [-0.39, 0.29) is 0 Å². The lowest BCUT2D eigenvalue weighted by atomic mass is 9.69. The molecule has 0 fully saturated rings. The van der Waals surface area contributed by atoms with Crippen molar-refractivity contribution in [3.05, 3.63) is 156 Å². The van der Waals surface area contributed by atoms with Gasteiger partial charge in [0.1, 0.15) is 17.5 Å². The number of aromatic nitrogens is 1. The van der Waals surface area contributed by atoms with Gasteiger partial charge in [0.05, 0.1) is 16.6 Å². The summed E-state index contributed by atoms with van der Waals surface area (Å²) >= 11 is 2.35. The van der Waals surface area contributed by atoms with Crippen molar-refractivity contribution in [1.82, 2.24) is 4.98 Å². The van der Waals surface area contributed by atoms with Crippen LogP contribution in [0.1, 0.15) is 28.7 Å². The number of fused-ring (bicyclic) bond motifs is 3. The van der Waals surface area contributed by atoms with Crippen molar-refractivity contribution in [3.8, 4) is 0 Å². The van der Waals surface area contributed by atoms with E-state index in [1.807, 2.05) is 115 Å². The van der Waals surface area contributed by atoms with Crippen molar-refractivity contribution in [2.24, 2.45) is 0 Å². The molecule has 5 nitrogen and oxygen atoms in total. The van der Waals surface area contributed by atoms with Crippen LogP contribution in [0.5, 0.6) is 0 Å². The van der Waals surface area contributed by atoms with Crippen molar-refractivity contribution in [1.29, 1.82) is 0 Å². The number of nitrogens with zero attached hydrogens (tertiary/aromatic N) is 1. The first-order valence-electron chi connectivity index (χ1n) is 14.5. The molecule has 1 N–H and O–H groups in total. The second kappa shape index (κ2) is 12.2. The Morgan fingerprint density at radius 3 is 1.93 bits per heavy atom. The van der Waals surface area contributed by atoms with Crippen molar-refractivity contribution < 1.29 is 18.9 Å². The standard InChI is InChI=1S/C38H27NO4S2/c40-34(41)24-38(31-20-8-15-26-13-4-6-18-29(26)31,32-21-9-16-27-14-5-7-19-30(27)32)36(42)43-45-37-39-33-22-10-17-28(35(33)44-37)23-25-11-2-1-3-12-25/h1-22H,23-24H2,(H,40,41).